The third kappa shape index (κ3) is 7.13. The summed E-state index contributed by atoms with van der Waals surface area (Å²) >= 11 is 18.1. The van der Waals surface area contributed by atoms with E-state index < -0.39 is 23.6 Å². The lowest BCUT2D eigenvalue weighted by Crippen LogP contribution is -2.33. The van der Waals surface area contributed by atoms with Crippen molar-refractivity contribution in [3.63, 3.8) is 0 Å². The Kier molecular flexibility index (Phi) is 8.84. The fourth-order valence-corrected chi connectivity index (χ4v) is 3.52. The maximum Gasteiger partial charge on any atom is 0.416 e. The molecule has 0 aliphatic heterocycles. The fraction of sp³-hybridized carbons (Fsp3) is 0.125. The number of benzene rings is 3. The van der Waals surface area contributed by atoms with Crippen molar-refractivity contribution in [1.29, 1.82) is 0 Å². The van der Waals surface area contributed by atoms with E-state index in [1.54, 1.807) is 49.4 Å². The third-order valence-electron chi connectivity index (χ3n) is 4.79. The number of halogens is 6. The van der Waals surface area contributed by atoms with Gasteiger partial charge in [-0.25, -0.2) is 5.43 Å². The van der Waals surface area contributed by atoms with Crippen molar-refractivity contribution in [2.24, 2.45) is 5.10 Å². The van der Waals surface area contributed by atoms with E-state index in [1.807, 2.05) is 5.32 Å². The monoisotopic (exact) mass is 557 g/mol. The maximum absolute atomic E-state index is 12.9. The molecule has 0 saturated carbocycles. The van der Waals surface area contributed by atoms with Crippen LogP contribution in [0.2, 0.25) is 15.1 Å². The van der Waals surface area contributed by atoms with Gasteiger partial charge in [0.1, 0.15) is 12.4 Å². The molecule has 3 aromatic rings. The number of anilines is 1. The number of nitrogens with zero attached hydrogens (tertiary/aromatic N) is 1. The minimum absolute atomic E-state index is 0.159. The summed E-state index contributed by atoms with van der Waals surface area (Å²) in [5.41, 5.74) is 2.28. The van der Waals surface area contributed by atoms with E-state index in [1.165, 1.54) is 0 Å². The summed E-state index contributed by atoms with van der Waals surface area (Å²) in [5, 5.41) is 6.69. The first-order chi connectivity index (χ1) is 17.0. The van der Waals surface area contributed by atoms with Crippen molar-refractivity contribution in [3.05, 3.63) is 92.4 Å². The minimum Gasteiger partial charge on any atom is -0.489 e. The predicted octanol–water partition coefficient (Wildman–Crippen LogP) is 6.72. The standard InChI is InChI=1S/C24H17Cl3F3N3O3/c1-13(14-5-8-16(9-6-14)36-12-17-18(25)3-2-4-19(17)26)32-33-23(35)22(34)31-21-11-15(24(28,29)30)7-10-20(21)27/h2-11H,12H2,1H3,(H,31,34)(H,33,35). The van der Waals surface area contributed by atoms with Crippen LogP contribution in [-0.2, 0) is 22.4 Å². The molecule has 0 aliphatic rings. The van der Waals surface area contributed by atoms with Gasteiger partial charge in [0.2, 0.25) is 0 Å². The van der Waals surface area contributed by atoms with Crippen molar-refractivity contribution < 1.29 is 27.5 Å². The molecule has 3 rings (SSSR count). The van der Waals surface area contributed by atoms with Gasteiger partial charge in [-0.1, -0.05) is 40.9 Å². The minimum atomic E-state index is -4.64. The van der Waals surface area contributed by atoms with E-state index in [-0.39, 0.29) is 17.3 Å². The van der Waals surface area contributed by atoms with Gasteiger partial charge in [-0.3, -0.25) is 9.59 Å². The molecule has 0 aromatic heterocycles. The molecule has 188 valence electrons. The Balaban J connectivity index is 1.59. The number of carbonyl (C=O) groups excluding carboxylic acids is 2. The Morgan fingerprint density at radius 1 is 0.917 bits per heavy atom. The van der Waals surface area contributed by atoms with Gasteiger partial charge in [0, 0.05) is 15.6 Å². The van der Waals surface area contributed by atoms with Crippen LogP contribution in [0.1, 0.15) is 23.6 Å². The number of amides is 2. The number of nitrogens with one attached hydrogen (secondary N) is 2. The molecule has 0 saturated heterocycles. The van der Waals surface area contributed by atoms with Crippen LogP contribution in [-0.4, -0.2) is 17.5 Å². The smallest absolute Gasteiger partial charge is 0.416 e. The number of carbonyl (C=O) groups is 2. The van der Waals surface area contributed by atoms with Crippen LogP contribution in [0.3, 0.4) is 0 Å². The van der Waals surface area contributed by atoms with Crippen molar-refractivity contribution in [2.75, 3.05) is 5.32 Å². The van der Waals surface area contributed by atoms with Gasteiger partial charge in [-0.05, 0) is 67.1 Å². The summed E-state index contributed by atoms with van der Waals surface area (Å²) in [5.74, 6) is -1.90. The van der Waals surface area contributed by atoms with Crippen molar-refractivity contribution in [3.8, 4) is 5.75 Å². The Bertz CT molecular complexity index is 1290. The molecular formula is C24H17Cl3F3N3O3. The molecule has 0 unspecified atom stereocenters. The van der Waals surface area contributed by atoms with Crippen LogP contribution < -0.4 is 15.5 Å². The van der Waals surface area contributed by atoms with Gasteiger partial charge >= 0.3 is 18.0 Å². The van der Waals surface area contributed by atoms with E-state index in [0.29, 0.717) is 38.7 Å². The average Bonchev–Trinajstić information content (AvgIpc) is 2.83. The molecule has 0 bridgehead atoms. The van der Waals surface area contributed by atoms with Gasteiger partial charge < -0.3 is 10.1 Å². The molecule has 6 nitrogen and oxygen atoms in total. The summed E-state index contributed by atoms with van der Waals surface area (Å²) in [4.78, 5) is 24.2. The molecule has 0 radical (unpaired) electrons. The fourth-order valence-electron chi connectivity index (χ4n) is 2.84. The van der Waals surface area contributed by atoms with Crippen LogP contribution >= 0.6 is 34.8 Å². The molecule has 0 fully saturated rings. The summed E-state index contributed by atoms with van der Waals surface area (Å²) in [6.07, 6.45) is -4.64. The number of rotatable bonds is 6. The van der Waals surface area contributed by atoms with E-state index in [2.05, 4.69) is 10.5 Å². The first kappa shape index (κ1) is 27.3. The normalized spacial score (nSPS) is 11.7. The van der Waals surface area contributed by atoms with E-state index >= 15 is 0 Å². The predicted molar refractivity (Wildman–Crippen MR) is 133 cm³/mol. The zero-order valence-electron chi connectivity index (χ0n) is 18.4. The van der Waals surface area contributed by atoms with Gasteiger partial charge in [0.15, 0.2) is 0 Å². The Hall–Kier alpha value is -3.27. The molecule has 0 aliphatic carbocycles. The highest BCUT2D eigenvalue weighted by atomic mass is 35.5. The zero-order valence-corrected chi connectivity index (χ0v) is 20.7. The summed E-state index contributed by atoms with van der Waals surface area (Å²) < 4.78 is 44.3. The molecular weight excluding hydrogens is 542 g/mol. The second-order valence-electron chi connectivity index (χ2n) is 7.30. The highest BCUT2D eigenvalue weighted by molar-refractivity contribution is 6.41. The van der Waals surface area contributed by atoms with Crippen LogP contribution in [0, 0.1) is 0 Å². The summed E-state index contributed by atoms with van der Waals surface area (Å²) in [6.45, 7) is 1.74. The third-order valence-corrected chi connectivity index (χ3v) is 5.83. The van der Waals surface area contributed by atoms with E-state index in [9.17, 15) is 22.8 Å². The lowest BCUT2D eigenvalue weighted by molar-refractivity contribution is -0.137. The zero-order chi connectivity index (χ0) is 26.5. The van der Waals surface area contributed by atoms with Crippen LogP contribution in [0.5, 0.6) is 5.75 Å². The Morgan fingerprint density at radius 3 is 2.17 bits per heavy atom. The van der Waals surface area contributed by atoms with Gasteiger partial charge in [-0.15, -0.1) is 0 Å². The van der Waals surface area contributed by atoms with Gasteiger partial charge in [0.25, 0.3) is 0 Å². The molecule has 2 amide bonds. The van der Waals surface area contributed by atoms with Crippen LogP contribution in [0.4, 0.5) is 18.9 Å². The second kappa shape index (κ2) is 11.6. The van der Waals surface area contributed by atoms with Crippen molar-refractivity contribution in [1.82, 2.24) is 5.43 Å². The highest BCUT2D eigenvalue weighted by Crippen LogP contribution is 2.33. The summed E-state index contributed by atoms with van der Waals surface area (Å²) in [6, 6.07) is 14.2. The van der Waals surface area contributed by atoms with Crippen LogP contribution in [0.25, 0.3) is 0 Å². The van der Waals surface area contributed by atoms with Crippen molar-refractivity contribution in [2.45, 2.75) is 19.7 Å². The Labute approximate surface area is 219 Å². The van der Waals surface area contributed by atoms with Gasteiger partial charge in [-0.2, -0.15) is 18.3 Å². The SMILES string of the molecule is CC(=NNC(=O)C(=O)Nc1cc(C(F)(F)F)ccc1Cl)c1ccc(OCc2c(Cl)cccc2Cl)cc1. The molecule has 0 spiro atoms. The summed E-state index contributed by atoms with van der Waals surface area (Å²) in [7, 11) is 0. The number of ether oxygens (including phenoxy) is 1. The van der Waals surface area contributed by atoms with Gasteiger partial charge in [0.05, 0.1) is 22.0 Å². The first-order valence-corrected chi connectivity index (χ1v) is 11.3. The number of hydrogen-bond donors (Lipinski definition) is 2. The van der Waals surface area contributed by atoms with Crippen molar-refractivity contribution >= 4 is 58.0 Å². The van der Waals surface area contributed by atoms with Crippen LogP contribution in [0.15, 0.2) is 65.8 Å². The number of hydrazone groups is 1. The lowest BCUT2D eigenvalue weighted by Gasteiger charge is -2.11. The Morgan fingerprint density at radius 2 is 1.56 bits per heavy atom. The number of hydrogen-bond acceptors (Lipinski definition) is 4. The molecule has 0 atom stereocenters. The second-order valence-corrected chi connectivity index (χ2v) is 8.52. The molecule has 0 heterocycles. The topological polar surface area (TPSA) is 79.8 Å². The molecule has 2 N–H and O–H groups in total. The number of alkyl halides is 3. The van der Waals surface area contributed by atoms with E-state index in [0.717, 1.165) is 12.1 Å². The molecule has 12 heteroatoms. The quantitative estimate of drug-likeness (QED) is 0.200. The largest absolute Gasteiger partial charge is 0.489 e. The average molecular weight is 559 g/mol. The first-order valence-electron chi connectivity index (χ1n) is 10.1. The lowest BCUT2D eigenvalue weighted by atomic mass is 10.1. The molecule has 36 heavy (non-hydrogen) atoms. The highest BCUT2D eigenvalue weighted by Gasteiger charge is 2.31. The van der Waals surface area contributed by atoms with E-state index in [4.69, 9.17) is 39.5 Å². The maximum atomic E-state index is 12.9. The molecule has 3 aromatic carbocycles.